The van der Waals surface area contributed by atoms with Crippen molar-refractivity contribution in [1.82, 2.24) is 0 Å². The smallest absolute Gasteiger partial charge is 0.108 e. The number of rotatable bonds is 7. The normalized spacial score (nSPS) is 10.4. The lowest BCUT2D eigenvalue weighted by Gasteiger charge is -2.22. The van der Waals surface area contributed by atoms with Crippen LogP contribution in [-0.4, -0.2) is 36.6 Å². The predicted molar refractivity (Wildman–Crippen MR) is 62.2 cm³/mol. The van der Waals surface area contributed by atoms with Crippen LogP contribution < -0.4 is 5.23 Å². The summed E-state index contributed by atoms with van der Waals surface area (Å²) in [6.45, 7) is -0.0253. The van der Waals surface area contributed by atoms with E-state index in [0.29, 0.717) is 10.6 Å². The van der Waals surface area contributed by atoms with Gasteiger partial charge in [0.05, 0.1) is 13.2 Å². The summed E-state index contributed by atoms with van der Waals surface area (Å²) >= 11 is 4.25. The summed E-state index contributed by atoms with van der Waals surface area (Å²) in [5.74, 6) is 0. The molecule has 0 spiro atoms. The zero-order valence-corrected chi connectivity index (χ0v) is 9.64. The first-order chi connectivity index (χ1) is 7.79. The van der Waals surface area contributed by atoms with E-state index in [2.05, 4.69) is 12.6 Å². The summed E-state index contributed by atoms with van der Waals surface area (Å²) in [5, 5.41) is 18.5. The first kappa shape index (κ1) is 13.3. The van der Waals surface area contributed by atoms with Gasteiger partial charge in [-0.3, -0.25) is 0 Å². The number of aliphatic hydroxyl groups is 2. The minimum atomic E-state index is -0.117. The lowest BCUT2D eigenvalue weighted by atomic mass is 10.3. The summed E-state index contributed by atoms with van der Waals surface area (Å²) in [7, 11) is 0. The number of anilines is 1. The van der Waals surface area contributed by atoms with Gasteiger partial charge in [-0.25, -0.2) is 9.68 Å². The zero-order valence-electron chi connectivity index (χ0n) is 8.74. The van der Waals surface area contributed by atoms with Crippen LogP contribution in [-0.2, 0) is 9.68 Å². The highest BCUT2D eigenvalue weighted by Crippen LogP contribution is 2.23. The molecule has 0 atom stereocenters. The van der Waals surface area contributed by atoms with Gasteiger partial charge in [0.2, 0.25) is 0 Å². The van der Waals surface area contributed by atoms with E-state index in [-0.39, 0.29) is 26.4 Å². The Labute approximate surface area is 99.5 Å². The number of hydrogen-bond acceptors (Lipinski definition) is 6. The first-order valence-electron chi connectivity index (χ1n) is 4.85. The van der Waals surface area contributed by atoms with Crippen molar-refractivity contribution in [2.24, 2.45) is 0 Å². The van der Waals surface area contributed by atoms with Crippen molar-refractivity contribution in [3.8, 4) is 0 Å². The molecule has 0 unspecified atom stereocenters. The maximum Gasteiger partial charge on any atom is 0.108 e. The molecule has 5 nitrogen and oxygen atoms in total. The van der Waals surface area contributed by atoms with E-state index in [1.165, 1.54) is 0 Å². The molecule has 1 aromatic rings. The van der Waals surface area contributed by atoms with Gasteiger partial charge in [0.15, 0.2) is 0 Å². The van der Waals surface area contributed by atoms with Crippen molar-refractivity contribution < 1.29 is 19.9 Å². The Morgan fingerprint density at radius 2 is 1.62 bits per heavy atom. The summed E-state index contributed by atoms with van der Waals surface area (Å²) in [4.78, 5) is 11.0. The third-order valence-corrected chi connectivity index (χ3v) is 2.06. The van der Waals surface area contributed by atoms with Crippen LogP contribution in [0.5, 0.6) is 0 Å². The molecule has 1 rings (SSSR count). The summed E-state index contributed by atoms with van der Waals surface area (Å²) in [5.41, 5.74) is 0.618. The van der Waals surface area contributed by atoms with Gasteiger partial charge in [-0.05, 0) is 12.1 Å². The minimum absolute atomic E-state index is 0.105. The fourth-order valence-electron chi connectivity index (χ4n) is 1.04. The van der Waals surface area contributed by atoms with Crippen molar-refractivity contribution in [3.05, 3.63) is 24.3 Å². The molecule has 1 aromatic carbocycles. The number of aliphatic hydroxyl groups excluding tert-OH is 2. The molecule has 16 heavy (non-hydrogen) atoms. The van der Waals surface area contributed by atoms with Crippen molar-refractivity contribution in [2.75, 3.05) is 31.7 Å². The van der Waals surface area contributed by atoms with Crippen LogP contribution in [0.15, 0.2) is 29.2 Å². The van der Waals surface area contributed by atoms with Crippen LogP contribution in [0.3, 0.4) is 0 Å². The average Bonchev–Trinajstić information content (AvgIpc) is 2.31. The van der Waals surface area contributed by atoms with Crippen LogP contribution in [0.4, 0.5) is 5.69 Å². The molecule has 0 aliphatic rings. The molecule has 2 N–H and O–H groups in total. The Morgan fingerprint density at radius 1 is 1.06 bits per heavy atom. The number of nitrogens with zero attached hydrogens (tertiary/aromatic N) is 1. The van der Waals surface area contributed by atoms with Crippen LogP contribution in [0.25, 0.3) is 0 Å². The van der Waals surface area contributed by atoms with Gasteiger partial charge < -0.3 is 10.2 Å². The second-order valence-electron chi connectivity index (χ2n) is 2.86. The minimum Gasteiger partial charge on any atom is -0.394 e. The maximum absolute atomic E-state index is 8.68. The molecule has 0 aliphatic heterocycles. The molecular formula is C10H15NO4S. The van der Waals surface area contributed by atoms with E-state index in [1.807, 2.05) is 12.1 Å². The van der Waals surface area contributed by atoms with Crippen LogP contribution in [0, 0.1) is 0 Å². The molecule has 0 bridgehead atoms. The van der Waals surface area contributed by atoms with E-state index in [1.54, 1.807) is 12.1 Å². The largest absolute Gasteiger partial charge is 0.394 e. The molecule has 0 saturated carbocycles. The van der Waals surface area contributed by atoms with E-state index in [4.69, 9.17) is 19.9 Å². The van der Waals surface area contributed by atoms with Gasteiger partial charge in [0.1, 0.15) is 18.9 Å². The molecule has 0 heterocycles. The molecule has 6 heteroatoms. The molecule has 0 aromatic heterocycles. The molecule has 0 saturated heterocycles. The lowest BCUT2D eigenvalue weighted by molar-refractivity contribution is -0.104. The standard InChI is InChI=1S/C10H15NO4S/c12-5-7-14-11(15-8-6-13)9-3-1-2-4-10(9)16/h1-4,12-13,16H,5-8H2. The Morgan fingerprint density at radius 3 is 2.12 bits per heavy atom. The van der Waals surface area contributed by atoms with Gasteiger partial charge >= 0.3 is 0 Å². The van der Waals surface area contributed by atoms with Gasteiger partial charge in [-0.15, -0.1) is 17.9 Å². The second-order valence-corrected chi connectivity index (χ2v) is 3.34. The quantitative estimate of drug-likeness (QED) is 0.486. The number of para-hydroxylation sites is 1. The molecule has 0 amide bonds. The predicted octanol–water partition coefficient (Wildman–Crippen LogP) is 0.629. The van der Waals surface area contributed by atoms with E-state index in [0.717, 1.165) is 5.23 Å². The molecule has 90 valence electrons. The molecular weight excluding hydrogens is 230 g/mol. The summed E-state index contributed by atoms with van der Waals surface area (Å²) in [6.07, 6.45) is 0. The number of hydrogen-bond donors (Lipinski definition) is 3. The lowest BCUT2D eigenvalue weighted by Crippen LogP contribution is -2.27. The second kappa shape index (κ2) is 7.48. The van der Waals surface area contributed by atoms with E-state index >= 15 is 0 Å². The van der Waals surface area contributed by atoms with E-state index in [9.17, 15) is 0 Å². The fraction of sp³-hybridized carbons (Fsp3) is 0.400. The Balaban J connectivity index is 2.70. The third kappa shape index (κ3) is 3.99. The zero-order chi connectivity index (χ0) is 11.8. The van der Waals surface area contributed by atoms with Gasteiger partial charge in [0.25, 0.3) is 0 Å². The van der Waals surface area contributed by atoms with Crippen molar-refractivity contribution in [1.29, 1.82) is 0 Å². The van der Waals surface area contributed by atoms with Crippen LogP contribution in [0.1, 0.15) is 0 Å². The summed E-state index contributed by atoms with van der Waals surface area (Å²) < 4.78 is 0. The highest BCUT2D eigenvalue weighted by Gasteiger charge is 2.10. The maximum atomic E-state index is 8.68. The highest BCUT2D eigenvalue weighted by molar-refractivity contribution is 7.80. The number of benzene rings is 1. The SMILES string of the molecule is OCCON(OCCO)c1ccccc1S. The van der Waals surface area contributed by atoms with E-state index < -0.39 is 0 Å². The van der Waals surface area contributed by atoms with Crippen molar-refractivity contribution in [2.45, 2.75) is 4.90 Å². The van der Waals surface area contributed by atoms with Crippen molar-refractivity contribution in [3.63, 3.8) is 0 Å². The molecule has 0 radical (unpaired) electrons. The molecule has 0 aliphatic carbocycles. The Bertz CT molecular complexity index is 303. The summed E-state index contributed by atoms with van der Waals surface area (Å²) in [6, 6.07) is 7.20. The first-order valence-corrected chi connectivity index (χ1v) is 5.30. The van der Waals surface area contributed by atoms with Gasteiger partial charge in [-0.1, -0.05) is 12.1 Å². The van der Waals surface area contributed by atoms with Crippen LogP contribution >= 0.6 is 12.6 Å². The Hall–Kier alpha value is -0.790. The van der Waals surface area contributed by atoms with Crippen molar-refractivity contribution >= 4 is 18.3 Å². The topological polar surface area (TPSA) is 62.2 Å². The number of thiol groups is 1. The highest BCUT2D eigenvalue weighted by atomic mass is 32.1. The Kier molecular flexibility index (Phi) is 6.20. The molecule has 0 fully saturated rings. The fourth-order valence-corrected chi connectivity index (χ4v) is 1.28. The van der Waals surface area contributed by atoms with Crippen LogP contribution in [0.2, 0.25) is 0 Å². The average molecular weight is 245 g/mol. The third-order valence-electron chi connectivity index (χ3n) is 1.68. The van der Waals surface area contributed by atoms with Gasteiger partial charge in [0, 0.05) is 4.90 Å². The van der Waals surface area contributed by atoms with Gasteiger partial charge in [-0.2, -0.15) is 0 Å². The monoisotopic (exact) mass is 245 g/mol.